The fourth-order valence-electron chi connectivity index (χ4n) is 5.69. The maximum absolute atomic E-state index is 14.6. The molecule has 2 aliphatic rings. The van der Waals surface area contributed by atoms with Gasteiger partial charge in [-0.2, -0.15) is 0 Å². The van der Waals surface area contributed by atoms with Crippen LogP contribution < -0.4 is 10.2 Å². The van der Waals surface area contributed by atoms with Gasteiger partial charge in [0.1, 0.15) is 10.3 Å². The lowest BCUT2D eigenvalue weighted by molar-refractivity contribution is 0.208. The van der Waals surface area contributed by atoms with Gasteiger partial charge in [-0.05, 0) is 64.7 Å². The molecule has 2 saturated heterocycles. The number of rotatable bonds is 3. The predicted octanol–water partition coefficient (Wildman–Crippen LogP) is 4.95. The molecule has 6 heterocycles. The molecular formula is C24H27FN6S. The topological polar surface area (TPSA) is 58.4 Å². The minimum Gasteiger partial charge on any atom is -0.348 e. The van der Waals surface area contributed by atoms with Crippen molar-refractivity contribution in [3.63, 3.8) is 0 Å². The minimum absolute atomic E-state index is 0.211. The number of nitrogens with one attached hydrogen (secondary N) is 1. The normalized spacial score (nSPS) is 27.5. The Hall–Kier alpha value is -2.58. The molecule has 8 heteroatoms. The molecule has 0 aromatic carbocycles. The second-order valence-electron chi connectivity index (χ2n) is 10.1. The maximum Gasteiger partial charge on any atom is 0.187 e. The number of aryl methyl sites for hydroxylation is 1. The van der Waals surface area contributed by atoms with E-state index in [2.05, 4.69) is 36.1 Å². The fourth-order valence-corrected chi connectivity index (χ4v) is 6.66. The number of hydrogen-bond donors (Lipinski definition) is 1. The van der Waals surface area contributed by atoms with Crippen molar-refractivity contribution in [3.8, 4) is 11.3 Å². The van der Waals surface area contributed by atoms with Crippen LogP contribution in [0.4, 0.5) is 9.52 Å². The smallest absolute Gasteiger partial charge is 0.187 e. The monoisotopic (exact) mass is 450 g/mol. The van der Waals surface area contributed by atoms with E-state index < -0.39 is 0 Å². The zero-order valence-corrected chi connectivity index (χ0v) is 19.6. The van der Waals surface area contributed by atoms with E-state index >= 15 is 0 Å². The van der Waals surface area contributed by atoms with Crippen LogP contribution >= 0.6 is 11.3 Å². The zero-order valence-electron chi connectivity index (χ0n) is 18.8. The summed E-state index contributed by atoms with van der Waals surface area (Å²) in [6.07, 6.45) is 8.42. The molecule has 0 aliphatic carbocycles. The molecule has 4 aromatic rings. The molecule has 0 amide bonds. The van der Waals surface area contributed by atoms with Gasteiger partial charge < -0.3 is 14.6 Å². The third-order valence-electron chi connectivity index (χ3n) is 7.22. The molecular weight excluding hydrogens is 423 g/mol. The van der Waals surface area contributed by atoms with Crippen LogP contribution in [0.15, 0.2) is 30.6 Å². The molecule has 1 N–H and O–H groups in total. The third kappa shape index (κ3) is 3.19. The molecule has 4 aromatic heterocycles. The molecule has 6 rings (SSSR count). The van der Waals surface area contributed by atoms with Crippen LogP contribution in [0.5, 0.6) is 0 Å². The summed E-state index contributed by atoms with van der Waals surface area (Å²) >= 11 is 1.61. The summed E-state index contributed by atoms with van der Waals surface area (Å²) in [7, 11) is 2.16. The second kappa shape index (κ2) is 6.71. The van der Waals surface area contributed by atoms with Gasteiger partial charge in [0.05, 0.1) is 11.4 Å². The van der Waals surface area contributed by atoms with Crippen LogP contribution in [-0.2, 0) is 0 Å². The number of imidazole rings is 1. The average molecular weight is 451 g/mol. The highest BCUT2D eigenvalue weighted by Crippen LogP contribution is 2.44. The number of aromatic nitrogens is 4. The van der Waals surface area contributed by atoms with Crippen molar-refractivity contribution in [2.45, 2.75) is 63.6 Å². The summed E-state index contributed by atoms with van der Waals surface area (Å²) in [4.78, 5) is 17.2. The molecule has 0 spiro atoms. The first-order valence-electron chi connectivity index (χ1n) is 11.2. The summed E-state index contributed by atoms with van der Waals surface area (Å²) in [6.45, 7) is 6.56. The van der Waals surface area contributed by atoms with E-state index in [1.54, 1.807) is 15.7 Å². The van der Waals surface area contributed by atoms with Crippen molar-refractivity contribution < 1.29 is 4.39 Å². The highest BCUT2D eigenvalue weighted by Gasteiger charge is 2.49. The van der Waals surface area contributed by atoms with Crippen molar-refractivity contribution in [1.29, 1.82) is 0 Å². The first kappa shape index (κ1) is 20.1. The van der Waals surface area contributed by atoms with E-state index in [9.17, 15) is 4.39 Å². The first-order chi connectivity index (χ1) is 15.2. The summed E-state index contributed by atoms with van der Waals surface area (Å²) < 4.78 is 16.3. The lowest BCUT2D eigenvalue weighted by Gasteiger charge is -2.45. The van der Waals surface area contributed by atoms with E-state index in [1.165, 1.54) is 18.9 Å². The average Bonchev–Trinajstić information content (AvgIpc) is 3.39. The summed E-state index contributed by atoms with van der Waals surface area (Å²) in [5.41, 5.74) is 3.90. The summed E-state index contributed by atoms with van der Waals surface area (Å²) in [5, 5.41) is 4.85. The van der Waals surface area contributed by atoms with Crippen LogP contribution in [-0.4, -0.2) is 43.5 Å². The lowest BCUT2D eigenvalue weighted by Crippen LogP contribution is -2.58. The number of pyridine rings is 2. The predicted molar refractivity (Wildman–Crippen MR) is 127 cm³/mol. The Balaban J connectivity index is 1.33. The second-order valence-corrected chi connectivity index (χ2v) is 11.1. The third-order valence-corrected chi connectivity index (χ3v) is 8.28. The number of piperidine rings is 1. The van der Waals surface area contributed by atoms with Gasteiger partial charge in [0.15, 0.2) is 16.6 Å². The molecule has 0 radical (unpaired) electrons. The number of halogens is 1. The first-order valence-corrected chi connectivity index (χ1v) is 12.0. The molecule has 2 fully saturated rings. The van der Waals surface area contributed by atoms with Crippen molar-refractivity contribution in [3.05, 3.63) is 42.1 Å². The summed E-state index contributed by atoms with van der Waals surface area (Å²) in [6, 6.07) is 5.87. The van der Waals surface area contributed by atoms with E-state index in [1.807, 2.05) is 31.5 Å². The molecule has 0 saturated carbocycles. The number of anilines is 1. The van der Waals surface area contributed by atoms with Crippen LogP contribution in [0, 0.1) is 12.7 Å². The van der Waals surface area contributed by atoms with E-state index in [0.717, 1.165) is 45.3 Å². The highest BCUT2D eigenvalue weighted by molar-refractivity contribution is 7.21. The van der Waals surface area contributed by atoms with Gasteiger partial charge in [-0.15, -0.1) is 0 Å². The maximum atomic E-state index is 14.6. The van der Waals surface area contributed by atoms with Gasteiger partial charge in [-0.3, -0.25) is 0 Å². The van der Waals surface area contributed by atoms with Crippen LogP contribution in [0.25, 0.3) is 27.3 Å². The van der Waals surface area contributed by atoms with Crippen molar-refractivity contribution in [2.75, 3.05) is 11.9 Å². The number of fused-ring (bicyclic) bond motifs is 4. The largest absolute Gasteiger partial charge is 0.348 e. The highest BCUT2D eigenvalue weighted by atomic mass is 32.1. The van der Waals surface area contributed by atoms with Crippen LogP contribution in [0.3, 0.4) is 0 Å². The molecule has 3 atom stereocenters. The quantitative estimate of drug-likeness (QED) is 0.478. The zero-order chi connectivity index (χ0) is 22.3. The van der Waals surface area contributed by atoms with E-state index in [0.29, 0.717) is 11.7 Å². The van der Waals surface area contributed by atoms with Gasteiger partial charge in [-0.1, -0.05) is 11.3 Å². The Morgan fingerprint density at radius 2 is 1.88 bits per heavy atom. The number of hydrogen-bond acceptors (Lipinski definition) is 6. The van der Waals surface area contributed by atoms with Gasteiger partial charge in [-0.25, -0.2) is 19.3 Å². The van der Waals surface area contributed by atoms with E-state index in [4.69, 9.17) is 9.97 Å². The molecule has 32 heavy (non-hydrogen) atoms. The van der Waals surface area contributed by atoms with Crippen molar-refractivity contribution in [2.24, 2.45) is 0 Å². The molecule has 2 aliphatic heterocycles. The molecule has 166 valence electrons. The van der Waals surface area contributed by atoms with Gasteiger partial charge in [0, 0.05) is 42.1 Å². The van der Waals surface area contributed by atoms with Gasteiger partial charge in [0.25, 0.3) is 0 Å². The molecule has 6 nitrogen and oxygen atoms in total. The number of nitrogens with zero attached hydrogens (tertiary/aromatic N) is 5. The Morgan fingerprint density at radius 1 is 1.12 bits per heavy atom. The molecule has 2 bridgehead atoms. The lowest BCUT2D eigenvalue weighted by atomic mass is 9.84. The fraction of sp³-hybridized carbons (Fsp3) is 0.458. The minimum atomic E-state index is -0.343. The van der Waals surface area contributed by atoms with Crippen molar-refractivity contribution in [1.82, 2.24) is 24.7 Å². The SMILES string of the molecule is Cc1cn2cc(-c3ccc4nc(N(C)C5C[C@]6(C)CC[C@](C)(C5)N6)sc4n3)cc(F)c2n1. The molecule has 1 unspecified atom stereocenters. The van der Waals surface area contributed by atoms with Gasteiger partial charge in [0.2, 0.25) is 0 Å². The Bertz CT molecular complexity index is 1340. The Kier molecular flexibility index (Phi) is 4.21. The van der Waals surface area contributed by atoms with Crippen LogP contribution in [0.1, 0.15) is 45.2 Å². The Morgan fingerprint density at radius 3 is 2.62 bits per heavy atom. The van der Waals surface area contributed by atoms with E-state index in [-0.39, 0.29) is 16.9 Å². The van der Waals surface area contributed by atoms with Crippen LogP contribution in [0.2, 0.25) is 0 Å². The van der Waals surface area contributed by atoms with Gasteiger partial charge >= 0.3 is 0 Å². The summed E-state index contributed by atoms with van der Waals surface area (Å²) in [5.74, 6) is -0.343. The Labute approximate surface area is 190 Å². The standard InChI is InChI=1S/C24H27FN6S/c1-14-12-31-13-15(9-17(25)20(31)26-14)18-5-6-19-21(27-18)32-22(28-19)30(4)16-10-23(2)7-8-24(3,11-16)29-23/h5-6,9,12-13,16,29H,7-8,10-11H2,1-4H3/t16?,23-,24+. The van der Waals surface area contributed by atoms with Crippen molar-refractivity contribution >= 4 is 32.5 Å². The number of thiazole rings is 1.